The molecule has 2 heterocycles. The van der Waals surface area contributed by atoms with Crippen molar-refractivity contribution in [2.24, 2.45) is 0 Å². The van der Waals surface area contributed by atoms with Gasteiger partial charge in [0.05, 0.1) is 5.69 Å². The molecule has 0 aliphatic heterocycles. The first-order valence-corrected chi connectivity index (χ1v) is 7.67. The van der Waals surface area contributed by atoms with Gasteiger partial charge in [0.1, 0.15) is 0 Å². The summed E-state index contributed by atoms with van der Waals surface area (Å²) in [6.45, 7) is 4.64. The van der Waals surface area contributed by atoms with E-state index in [4.69, 9.17) is 0 Å². The topological polar surface area (TPSA) is 42.7 Å². The van der Waals surface area contributed by atoms with Crippen LogP contribution in [0.3, 0.4) is 0 Å². The zero-order valence-electron chi connectivity index (χ0n) is 12.6. The minimum absolute atomic E-state index is 0.272. The van der Waals surface area contributed by atoms with E-state index in [1.807, 2.05) is 19.9 Å². The van der Waals surface area contributed by atoms with Crippen molar-refractivity contribution >= 4 is 0 Å². The first-order valence-electron chi connectivity index (χ1n) is 7.67. The lowest BCUT2D eigenvalue weighted by Gasteiger charge is -2.10. The van der Waals surface area contributed by atoms with Crippen molar-refractivity contribution in [2.75, 3.05) is 0 Å². The largest absolute Gasteiger partial charge is 0.310 e. The molecule has 4 nitrogen and oxygen atoms in total. The SMILES string of the molecule is CCc1cc(CC)n(-c2nccc(CNC3CC3)c2F)n1. The van der Waals surface area contributed by atoms with Crippen molar-refractivity contribution in [3.63, 3.8) is 0 Å². The highest BCUT2D eigenvalue weighted by atomic mass is 19.1. The van der Waals surface area contributed by atoms with Gasteiger partial charge in [0.25, 0.3) is 0 Å². The van der Waals surface area contributed by atoms with Gasteiger partial charge in [0.2, 0.25) is 0 Å². The summed E-state index contributed by atoms with van der Waals surface area (Å²) in [5, 5.41) is 7.81. The number of aromatic nitrogens is 3. The number of rotatable bonds is 6. The predicted molar refractivity (Wildman–Crippen MR) is 79.9 cm³/mol. The van der Waals surface area contributed by atoms with Crippen LogP contribution in [0, 0.1) is 5.82 Å². The van der Waals surface area contributed by atoms with Crippen molar-refractivity contribution in [1.29, 1.82) is 0 Å². The van der Waals surface area contributed by atoms with Crippen molar-refractivity contribution in [1.82, 2.24) is 20.1 Å². The Labute approximate surface area is 124 Å². The summed E-state index contributed by atoms with van der Waals surface area (Å²) >= 11 is 0. The van der Waals surface area contributed by atoms with Crippen molar-refractivity contribution in [2.45, 2.75) is 52.1 Å². The van der Waals surface area contributed by atoms with Gasteiger partial charge in [-0.25, -0.2) is 14.1 Å². The fourth-order valence-corrected chi connectivity index (χ4v) is 2.38. The molecule has 0 bridgehead atoms. The van der Waals surface area contributed by atoms with Crippen LogP contribution in [0.2, 0.25) is 0 Å². The highest BCUT2D eigenvalue weighted by Crippen LogP contribution is 2.21. The zero-order valence-corrected chi connectivity index (χ0v) is 12.6. The molecular weight excluding hydrogens is 267 g/mol. The minimum Gasteiger partial charge on any atom is -0.310 e. The van der Waals surface area contributed by atoms with E-state index in [9.17, 15) is 4.39 Å². The van der Waals surface area contributed by atoms with Crippen LogP contribution in [0.5, 0.6) is 0 Å². The van der Waals surface area contributed by atoms with E-state index in [0.29, 0.717) is 24.0 Å². The van der Waals surface area contributed by atoms with Crippen LogP contribution in [-0.2, 0) is 19.4 Å². The third-order valence-corrected chi connectivity index (χ3v) is 3.87. The van der Waals surface area contributed by atoms with Gasteiger partial charge < -0.3 is 5.32 Å². The number of nitrogens with one attached hydrogen (secondary N) is 1. The number of halogens is 1. The molecule has 2 aromatic rings. The maximum absolute atomic E-state index is 14.7. The Morgan fingerprint density at radius 2 is 2.14 bits per heavy atom. The highest BCUT2D eigenvalue weighted by Gasteiger charge is 2.21. The van der Waals surface area contributed by atoms with E-state index in [1.165, 1.54) is 12.8 Å². The van der Waals surface area contributed by atoms with Gasteiger partial charge in [-0.1, -0.05) is 13.8 Å². The number of aryl methyl sites for hydroxylation is 2. The van der Waals surface area contributed by atoms with Gasteiger partial charge in [-0.05, 0) is 37.8 Å². The molecular formula is C16H21FN4. The molecule has 0 aromatic carbocycles. The maximum Gasteiger partial charge on any atom is 0.190 e. The first-order chi connectivity index (χ1) is 10.2. The molecule has 1 saturated carbocycles. The lowest BCUT2D eigenvalue weighted by Crippen LogP contribution is -2.17. The fraction of sp³-hybridized carbons (Fsp3) is 0.500. The van der Waals surface area contributed by atoms with Gasteiger partial charge in [-0.2, -0.15) is 5.10 Å². The number of hydrogen-bond donors (Lipinski definition) is 1. The van der Waals surface area contributed by atoms with Gasteiger partial charge in [0, 0.05) is 30.0 Å². The van der Waals surface area contributed by atoms with Crippen molar-refractivity contribution in [3.05, 3.63) is 41.1 Å². The molecule has 1 N–H and O–H groups in total. The Hall–Kier alpha value is -1.75. The average molecular weight is 288 g/mol. The molecule has 1 fully saturated rings. The maximum atomic E-state index is 14.7. The Balaban J connectivity index is 1.93. The van der Waals surface area contributed by atoms with Crippen LogP contribution in [0.1, 0.15) is 43.6 Å². The summed E-state index contributed by atoms with van der Waals surface area (Å²) in [5.74, 6) is 0.0350. The molecule has 2 aromatic heterocycles. The normalized spacial score (nSPS) is 14.6. The second-order valence-corrected chi connectivity index (χ2v) is 5.51. The van der Waals surface area contributed by atoms with Gasteiger partial charge in [0.15, 0.2) is 11.6 Å². The van der Waals surface area contributed by atoms with Crippen LogP contribution < -0.4 is 5.32 Å². The molecule has 0 unspecified atom stereocenters. The molecule has 1 aliphatic rings. The van der Waals surface area contributed by atoms with Crippen LogP contribution >= 0.6 is 0 Å². The van der Waals surface area contributed by atoms with Crippen LogP contribution in [0.25, 0.3) is 5.82 Å². The standard InChI is InChI=1S/C16H21FN4/c1-3-12-9-14(4-2)21(20-12)16-15(17)11(7-8-18-16)10-19-13-5-6-13/h7-9,13,19H,3-6,10H2,1-2H3. The van der Waals surface area contributed by atoms with E-state index in [-0.39, 0.29) is 5.82 Å². The highest BCUT2D eigenvalue weighted by molar-refractivity contribution is 5.32. The third-order valence-electron chi connectivity index (χ3n) is 3.87. The molecule has 5 heteroatoms. The quantitative estimate of drug-likeness (QED) is 0.889. The first kappa shape index (κ1) is 14.2. The lowest BCUT2D eigenvalue weighted by molar-refractivity contribution is 0.563. The Morgan fingerprint density at radius 3 is 2.81 bits per heavy atom. The molecule has 21 heavy (non-hydrogen) atoms. The number of hydrogen-bond acceptors (Lipinski definition) is 3. The molecule has 0 radical (unpaired) electrons. The van der Waals surface area contributed by atoms with Crippen molar-refractivity contribution in [3.8, 4) is 5.82 Å². The fourth-order valence-electron chi connectivity index (χ4n) is 2.38. The van der Waals surface area contributed by atoms with E-state index in [2.05, 4.69) is 15.4 Å². The second-order valence-electron chi connectivity index (χ2n) is 5.51. The molecule has 1 aliphatic carbocycles. The molecule has 0 spiro atoms. The molecule has 3 rings (SSSR count). The monoisotopic (exact) mass is 288 g/mol. The summed E-state index contributed by atoms with van der Waals surface area (Å²) < 4.78 is 16.3. The zero-order chi connectivity index (χ0) is 14.8. The Bertz CT molecular complexity index is 631. The van der Waals surface area contributed by atoms with Gasteiger partial charge in [-0.15, -0.1) is 0 Å². The summed E-state index contributed by atoms with van der Waals surface area (Å²) in [5.41, 5.74) is 2.61. The van der Waals surface area contributed by atoms with Gasteiger partial charge in [-0.3, -0.25) is 0 Å². The predicted octanol–water partition coefficient (Wildman–Crippen LogP) is 2.78. The summed E-state index contributed by atoms with van der Waals surface area (Å²) in [4.78, 5) is 4.21. The van der Waals surface area contributed by atoms with Crippen molar-refractivity contribution < 1.29 is 4.39 Å². The third kappa shape index (κ3) is 2.97. The van der Waals surface area contributed by atoms with E-state index < -0.39 is 0 Å². The van der Waals surface area contributed by atoms with Crippen LogP contribution in [0.4, 0.5) is 4.39 Å². The molecule has 112 valence electrons. The van der Waals surface area contributed by atoms with E-state index in [1.54, 1.807) is 16.9 Å². The van der Waals surface area contributed by atoms with E-state index >= 15 is 0 Å². The van der Waals surface area contributed by atoms with Crippen LogP contribution in [0.15, 0.2) is 18.3 Å². The Morgan fingerprint density at radius 1 is 1.33 bits per heavy atom. The number of pyridine rings is 1. The summed E-state index contributed by atoms with van der Waals surface area (Å²) in [7, 11) is 0. The molecule has 0 atom stereocenters. The molecule has 0 saturated heterocycles. The molecule has 0 amide bonds. The van der Waals surface area contributed by atoms with Gasteiger partial charge >= 0.3 is 0 Å². The second kappa shape index (κ2) is 5.93. The smallest absolute Gasteiger partial charge is 0.190 e. The number of nitrogens with zero attached hydrogens (tertiary/aromatic N) is 3. The minimum atomic E-state index is -0.272. The summed E-state index contributed by atoms with van der Waals surface area (Å²) in [6, 6.07) is 4.32. The average Bonchev–Trinajstić information content (AvgIpc) is 3.24. The summed E-state index contributed by atoms with van der Waals surface area (Å²) in [6.07, 6.45) is 5.69. The van der Waals surface area contributed by atoms with E-state index in [0.717, 1.165) is 24.2 Å². The van der Waals surface area contributed by atoms with Crippen LogP contribution in [-0.4, -0.2) is 20.8 Å². The lowest BCUT2D eigenvalue weighted by atomic mass is 10.2. The Kier molecular flexibility index (Phi) is 4.01.